The number of aromatic hydroxyl groups is 1. The minimum atomic E-state index is -0.369. The number of aryl methyl sites for hydroxylation is 1. The van der Waals surface area contributed by atoms with Gasteiger partial charge >= 0.3 is 5.63 Å². The zero-order valence-corrected chi connectivity index (χ0v) is 15.0. The van der Waals surface area contributed by atoms with Gasteiger partial charge in [0.05, 0.1) is 17.6 Å². The second kappa shape index (κ2) is 7.13. The van der Waals surface area contributed by atoms with Gasteiger partial charge in [-0.25, -0.2) is 4.79 Å². The fraction of sp³-hybridized carbons (Fsp3) is 0.500. The van der Waals surface area contributed by atoms with Gasteiger partial charge in [0.25, 0.3) is 0 Å². The van der Waals surface area contributed by atoms with Crippen LogP contribution in [0.25, 0.3) is 11.0 Å². The molecule has 1 saturated heterocycles. The first-order valence-electron chi connectivity index (χ1n) is 8.61. The molecule has 3 N–H and O–H groups in total. The van der Waals surface area contributed by atoms with Crippen LogP contribution in [0.2, 0.25) is 5.02 Å². The normalized spacial score (nSPS) is 21.3. The van der Waals surface area contributed by atoms with Gasteiger partial charge < -0.3 is 19.3 Å². The number of halogens is 1. The standard InChI is InChI=1S/C18H23ClN2O3/c1-3-4-12-9-16(22)24-18-13(12)10-15(19)17(23)14(18)11-21-7-5-20(2)6-8-21/h9-10,23H,3-8,11H2,1-2H3/p+2. The van der Waals surface area contributed by atoms with E-state index in [4.69, 9.17) is 16.0 Å². The molecule has 0 bridgehead atoms. The van der Waals surface area contributed by atoms with Crippen LogP contribution in [0.15, 0.2) is 21.3 Å². The quantitative estimate of drug-likeness (QED) is 0.680. The number of benzene rings is 1. The Morgan fingerprint density at radius 2 is 1.96 bits per heavy atom. The summed E-state index contributed by atoms with van der Waals surface area (Å²) < 4.78 is 5.49. The first-order chi connectivity index (χ1) is 11.5. The first-order valence-corrected chi connectivity index (χ1v) is 8.99. The van der Waals surface area contributed by atoms with Gasteiger partial charge in [0.15, 0.2) is 5.58 Å². The summed E-state index contributed by atoms with van der Waals surface area (Å²) in [5.41, 5.74) is 1.71. The number of quaternary nitrogens is 2. The SMILES string of the molecule is CCCc1cc(=O)oc2c(C[NH+]3CC[NH+](C)CC3)c(O)c(Cl)cc12. The van der Waals surface area contributed by atoms with Gasteiger partial charge in [-0.3, -0.25) is 0 Å². The van der Waals surface area contributed by atoms with E-state index in [0.29, 0.717) is 22.7 Å². The average molecular weight is 353 g/mol. The molecule has 1 fully saturated rings. The molecule has 130 valence electrons. The monoisotopic (exact) mass is 352 g/mol. The molecule has 0 spiro atoms. The van der Waals surface area contributed by atoms with Crippen LogP contribution in [-0.2, 0) is 13.0 Å². The number of nitrogens with one attached hydrogen (secondary N) is 2. The third-order valence-corrected chi connectivity index (χ3v) is 5.19. The van der Waals surface area contributed by atoms with Gasteiger partial charge in [0, 0.05) is 11.5 Å². The number of phenolic OH excluding ortho intramolecular Hbond substituents is 1. The number of phenols is 1. The minimum Gasteiger partial charge on any atom is -0.506 e. The second-order valence-electron chi connectivity index (χ2n) is 6.79. The Balaban J connectivity index is 2.08. The molecule has 3 rings (SSSR count). The van der Waals surface area contributed by atoms with Crippen LogP contribution in [0.3, 0.4) is 0 Å². The van der Waals surface area contributed by atoms with E-state index in [1.807, 2.05) is 0 Å². The van der Waals surface area contributed by atoms with Crippen LogP contribution in [-0.4, -0.2) is 38.3 Å². The van der Waals surface area contributed by atoms with Crippen molar-refractivity contribution in [3.05, 3.63) is 38.7 Å². The Morgan fingerprint density at radius 3 is 2.62 bits per heavy atom. The molecule has 2 aromatic rings. The molecule has 1 aliphatic heterocycles. The largest absolute Gasteiger partial charge is 0.506 e. The van der Waals surface area contributed by atoms with E-state index in [9.17, 15) is 9.90 Å². The predicted octanol–water partition coefficient (Wildman–Crippen LogP) is 0.0177. The summed E-state index contributed by atoms with van der Waals surface area (Å²) in [7, 11) is 2.19. The molecule has 0 radical (unpaired) electrons. The summed E-state index contributed by atoms with van der Waals surface area (Å²) in [4.78, 5) is 14.9. The topological polar surface area (TPSA) is 59.3 Å². The Labute approximate surface area is 146 Å². The van der Waals surface area contributed by atoms with Gasteiger partial charge in [-0.2, -0.15) is 0 Å². The van der Waals surface area contributed by atoms with Crippen molar-refractivity contribution in [2.24, 2.45) is 0 Å². The molecule has 0 aliphatic carbocycles. The molecule has 0 saturated carbocycles. The lowest BCUT2D eigenvalue weighted by Gasteiger charge is -2.27. The van der Waals surface area contributed by atoms with E-state index in [0.717, 1.165) is 50.0 Å². The molecule has 0 unspecified atom stereocenters. The van der Waals surface area contributed by atoms with Gasteiger partial charge in [-0.15, -0.1) is 0 Å². The number of likely N-dealkylation sites (N-methyl/N-ethyl adjacent to an activating group) is 1. The molecule has 1 aromatic heterocycles. The third-order valence-electron chi connectivity index (χ3n) is 4.90. The van der Waals surface area contributed by atoms with Crippen LogP contribution in [0, 0.1) is 0 Å². The second-order valence-corrected chi connectivity index (χ2v) is 7.19. The summed E-state index contributed by atoms with van der Waals surface area (Å²) in [5.74, 6) is 0.0414. The van der Waals surface area contributed by atoms with Crippen molar-refractivity contribution >= 4 is 22.6 Å². The summed E-state index contributed by atoms with van der Waals surface area (Å²) in [6.07, 6.45) is 1.71. The van der Waals surface area contributed by atoms with E-state index < -0.39 is 0 Å². The number of hydrogen-bond acceptors (Lipinski definition) is 3. The fourth-order valence-electron chi connectivity index (χ4n) is 3.48. The Hall–Kier alpha value is -1.56. The third kappa shape index (κ3) is 3.43. The molecule has 1 aliphatic rings. The average Bonchev–Trinajstić information content (AvgIpc) is 2.55. The zero-order chi connectivity index (χ0) is 17.3. The molecule has 1 aromatic carbocycles. The van der Waals surface area contributed by atoms with Gasteiger partial charge in [0.1, 0.15) is 38.5 Å². The van der Waals surface area contributed by atoms with E-state index in [1.165, 1.54) is 15.9 Å². The molecule has 0 amide bonds. The molecule has 24 heavy (non-hydrogen) atoms. The van der Waals surface area contributed by atoms with Crippen LogP contribution < -0.4 is 15.4 Å². The van der Waals surface area contributed by atoms with Crippen LogP contribution in [0.5, 0.6) is 5.75 Å². The highest BCUT2D eigenvalue weighted by molar-refractivity contribution is 6.33. The molecule has 2 heterocycles. The van der Waals surface area contributed by atoms with Crippen LogP contribution >= 0.6 is 11.6 Å². The fourth-order valence-corrected chi connectivity index (χ4v) is 3.70. The summed E-state index contributed by atoms with van der Waals surface area (Å²) >= 11 is 6.26. The zero-order valence-electron chi connectivity index (χ0n) is 14.2. The summed E-state index contributed by atoms with van der Waals surface area (Å²) in [6, 6.07) is 3.25. The molecule has 5 nitrogen and oxygen atoms in total. The number of rotatable bonds is 4. The maximum atomic E-state index is 12.0. The molecular weight excluding hydrogens is 328 g/mol. The van der Waals surface area contributed by atoms with Crippen molar-refractivity contribution in [1.82, 2.24) is 0 Å². The van der Waals surface area contributed by atoms with Gasteiger partial charge in [0.2, 0.25) is 0 Å². The van der Waals surface area contributed by atoms with Crippen molar-refractivity contribution in [3.63, 3.8) is 0 Å². The number of hydrogen-bond donors (Lipinski definition) is 3. The van der Waals surface area contributed by atoms with Crippen molar-refractivity contribution in [3.8, 4) is 5.75 Å². The summed E-state index contributed by atoms with van der Waals surface area (Å²) in [5, 5.41) is 11.6. The van der Waals surface area contributed by atoms with E-state index in [2.05, 4.69) is 14.0 Å². The maximum Gasteiger partial charge on any atom is 0.336 e. The van der Waals surface area contributed by atoms with Crippen LogP contribution in [0.1, 0.15) is 24.5 Å². The van der Waals surface area contributed by atoms with Gasteiger partial charge in [-0.1, -0.05) is 24.9 Å². The molecule has 6 heteroatoms. The van der Waals surface area contributed by atoms with E-state index >= 15 is 0 Å². The lowest BCUT2D eigenvalue weighted by molar-refractivity contribution is -1.01. The Morgan fingerprint density at radius 1 is 1.25 bits per heavy atom. The highest BCUT2D eigenvalue weighted by atomic mass is 35.5. The highest BCUT2D eigenvalue weighted by Gasteiger charge is 2.25. The maximum absolute atomic E-state index is 12.0. The van der Waals surface area contributed by atoms with E-state index in [1.54, 1.807) is 6.07 Å². The van der Waals surface area contributed by atoms with Gasteiger partial charge in [-0.05, 0) is 18.1 Å². The molecular formula is C18H25ClN2O3+2. The summed E-state index contributed by atoms with van der Waals surface area (Å²) in [6.45, 7) is 6.93. The predicted molar refractivity (Wildman–Crippen MR) is 94.2 cm³/mol. The smallest absolute Gasteiger partial charge is 0.336 e. The lowest BCUT2D eigenvalue weighted by Crippen LogP contribution is -3.26. The van der Waals surface area contributed by atoms with Crippen LogP contribution in [0.4, 0.5) is 0 Å². The van der Waals surface area contributed by atoms with Crippen molar-refractivity contribution in [2.75, 3.05) is 33.2 Å². The van der Waals surface area contributed by atoms with Crippen molar-refractivity contribution < 1.29 is 19.3 Å². The Bertz CT molecular complexity index is 795. The first kappa shape index (κ1) is 17.3. The van der Waals surface area contributed by atoms with E-state index in [-0.39, 0.29) is 11.4 Å². The Kier molecular flexibility index (Phi) is 5.13. The van der Waals surface area contributed by atoms with Crippen molar-refractivity contribution in [2.45, 2.75) is 26.3 Å². The number of piperazine rings is 1. The number of fused-ring (bicyclic) bond motifs is 1. The molecule has 0 atom stereocenters. The lowest BCUT2D eigenvalue weighted by atomic mass is 10.0. The minimum absolute atomic E-state index is 0.0414. The van der Waals surface area contributed by atoms with Crippen molar-refractivity contribution in [1.29, 1.82) is 0 Å². The highest BCUT2D eigenvalue weighted by Crippen LogP contribution is 2.35.